The lowest BCUT2D eigenvalue weighted by molar-refractivity contribution is -0.143. The third-order valence-electron chi connectivity index (χ3n) is 3.26. The number of rotatable bonds is 4. The number of nitrogens with zero attached hydrogens (tertiary/aromatic N) is 1. The highest BCUT2D eigenvalue weighted by atomic mass is 32.1. The highest BCUT2D eigenvalue weighted by Crippen LogP contribution is 2.35. The summed E-state index contributed by atoms with van der Waals surface area (Å²) < 4.78 is 8.74. The van der Waals surface area contributed by atoms with Crippen LogP contribution in [0.15, 0.2) is 6.07 Å². The Morgan fingerprint density at radius 1 is 1.56 bits per heavy atom. The Bertz CT molecular complexity index is 466. The van der Waals surface area contributed by atoms with Crippen molar-refractivity contribution in [3.8, 4) is 0 Å². The van der Waals surface area contributed by atoms with Crippen LogP contribution in [0.3, 0.4) is 0 Å². The van der Waals surface area contributed by atoms with E-state index >= 15 is 0 Å². The van der Waals surface area contributed by atoms with Gasteiger partial charge < -0.3 is 10.1 Å². The molecule has 5 nitrogen and oxygen atoms in total. The molecule has 1 amide bonds. The summed E-state index contributed by atoms with van der Waals surface area (Å²) in [5, 5.41) is 2.93. The van der Waals surface area contributed by atoms with Gasteiger partial charge in [0, 0.05) is 4.88 Å². The molecule has 1 aliphatic carbocycles. The van der Waals surface area contributed by atoms with Crippen molar-refractivity contribution in [2.24, 2.45) is 0 Å². The summed E-state index contributed by atoms with van der Waals surface area (Å²) in [6.07, 6.45) is 2.89. The first-order valence-electron chi connectivity index (χ1n) is 5.87. The predicted octanol–water partition coefficient (Wildman–Crippen LogP) is 1.67. The minimum Gasteiger partial charge on any atom is -0.469 e. The molecular formula is C12H16N2O3S. The highest BCUT2D eigenvalue weighted by Gasteiger charge is 2.41. The van der Waals surface area contributed by atoms with Crippen molar-refractivity contribution in [3.63, 3.8) is 0 Å². The van der Waals surface area contributed by atoms with E-state index in [2.05, 4.69) is 14.4 Å². The van der Waals surface area contributed by atoms with Gasteiger partial charge in [0.2, 0.25) is 0 Å². The number of ether oxygens (including phenoxy) is 1. The monoisotopic (exact) mass is 268 g/mol. The Balaban J connectivity index is 2.02. The maximum atomic E-state index is 12.0. The van der Waals surface area contributed by atoms with Crippen LogP contribution in [0.25, 0.3) is 0 Å². The Kier molecular flexibility index (Phi) is 3.65. The second-order valence-electron chi connectivity index (χ2n) is 4.66. The van der Waals surface area contributed by atoms with Crippen LogP contribution in [0.5, 0.6) is 0 Å². The van der Waals surface area contributed by atoms with Crippen LogP contribution in [-0.4, -0.2) is 28.9 Å². The minimum absolute atomic E-state index is 0.206. The van der Waals surface area contributed by atoms with Gasteiger partial charge in [-0.05, 0) is 43.8 Å². The van der Waals surface area contributed by atoms with E-state index in [0.29, 0.717) is 5.69 Å². The molecule has 1 aromatic heterocycles. The van der Waals surface area contributed by atoms with Crippen LogP contribution in [0.4, 0.5) is 0 Å². The summed E-state index contributed by atoms with van der Waals surface area (Å²) in [5.41, 5.74) is -0.00420. The van der Waals surface area contributed by atoms with Crippen LogP contribution in [0, 0.1) is 6.92 Å². The molecule has 0 aliphatic heterocycles. The molecular weight excluding hydrogens is 252 g/mol. The number of nitrogens with one attached hydrogen (secondary N) is 1. The van der Waals surface area contributed by atoms with Crippen LogP contribution in [0.1, 0.15) is 41.0 Å². The second kappa shape index (κ2) is 5.06. The van der Waals surface area contributed by atoms with Gasteiger partial charge in [-0.2, -0.15) is 4.37 Å². The van der Waals surface area contributed by atoms with Gasteiger partial charge in [-0.15, -0.1) is 0 Å². The van der Waals surface area contributed by atoms with Crippen molar-refractivity contribution in [2.75, 3.05) is 7.11 Å². The van der Waals surface area contributed by atoms with Gasteiger partial charge in [0.25, 0.3) is 5.91 Å². The third-order valence-corrected chi connectivity index (χ3v) is 3.95. The summed E-state index contributed by atoms with van der Waals surface area (Å²) in [4.78, 5) is 24.4. The Hall–Kier alpha value is -1.43. The van der Waals surface area contributed by atoms with Crippen LogP contribution >= 0.6 is 11.5 Å². The lowest BCUT2D eigenvalue weighted by atomic mass is 9.74. The molecule has 2 rings (SSSR count). The number of hydrogen-bond acceptors (Lipinski definition) is 5. The average Bonchev–Trinajstić information content (AvgIpc) is 2.72. The van der Waals surface area contributed by atoms with Gasteiger partial charge in [-0.3, -0.25) is 9.59 Å². The normalized spacial score (nSPS) is 16.8. The molecule has 1 aliphatic rings. The molecule has 1 saturated carbocycles. The van der Waals surface area contributed by atoms with Gasteiger partial charge in [0.15, 0.2) is 0 Å². The molecule has 18 heavy (non-hydrogen) atoms. The summed E-state index contributed by atoms with van der Waals surface area (Å²) in [6.45, 7) is 1.90. The lowest BCUT2D eigenvalue weighted by Crippen LogP contribution is -2.54. The van der Waals surface area contributed by atoms with E-state index in [0.717, 1.165) is 24.1 Å². The quantitative estimate of drug-likeness (QED) is 0.843. The van der Waals surface area contributed by atoms with Crippen LogP contribution in [0.2, 0.25) is 0 Å². The zero-order valence-electron chi connectivity index (χ0n) is 10.5. The van der Waals surface area contributed by atoms with Gasteiger partial charge in [0.05, 0.1) is 19.1 Å². The first kappa shape index (κ1) is 13.0. The zero-order chi connectivity index (χ0) is 13.2. The Morgan fingerprint density at radius 2 is 2.28 bits per heavy atom. The maximum absolute atomic E-state index is 12.0. The van der Waals surface area contributed by atoms with E-state index in [1.54, 1.807) is 6.07 Å². The van der Waals surface area contributed by atoms with Crippen molar-refractivity contribution >= 4 is 23.4 Å². The van der Waals surface area contributed by atoms with Gasteiger partial charge in [-0.1, -0.05) is 0 Å². The Morgan fingerprint density at radius 3 is 2.72 bits per heavy atom. The molecule has 98 valence electrons. The molecule has 1 heterocycles. The van der Waals surface area contributed by atoms with Crippen molar-refractivity contribution in [3.05, 3.63) is 16.6 Å². The van der Waals surface area contributed by atoms with Crippen LogP contribution in [-0.2, 0) is 9.53 Å². The van der Waals surface area contributed by atoms with Crippen molar-refractivity contribution in [1.82, 2.24) is 9.69 Å². The molecule has 0 aromatic carbocycles. The number of aromatic nitrogens is 1. The highest BCUT2D eigenvalue weighted by molar-refractivity contribution is 7.05. The number of methoxy groups -OCH3 is 1. The number of hydrogen-bond donors (Lipinski definition) is 1. The standard InChI is InChI=1S/C12H16N2O3S/c1-8-6-9(14-18-8)11(16)13-12(4-3-5-12)7-10(15)17-2/h6H,3-5,7H2,1-2H3,(H,13,16). The average molecular weight is 268 g/mol. The number of esters is 1. The number of amides is 1. The van der Waals surface area contributed by atoms with Gasteiger partial charge in [0.1, 0.15) is 5.69 Å². The molecule has 0 saturated heterocycles. The molecule has 1 aromatic rings. The topological polar surface area (TPSA) is 68.3 Å². The minimum atomic E-state index is -0.429. The van der Waals surface area contributed by atoms with E-state index in [1.807, 2.05) is 6.92 Å². The van der Waals surface area contributed by atoms with E-state index < -0.39 is 5.54 Å². The van der Waals surface area contributed by atoms with Crippen LogP contribution < -0.4 is 5.32 Å². The molecule has 0 radical (unpaired) electrons. The fourth-order valence-corrected chi connectivity index (χ4v) is 2.62. The van der Waals surface area contributed by atoms with E-state index in [1.165, 1.54) is 18.6 Å². The molecule has 0 spiro atoms. The smallest absolute Gasteiger partial charge is 0.307 e. The summed E-state index contributed by atoms with van der Waals surface area (Å²) in [6, 6.07) is 1.75. The van der Waals surface area contributed by atoms with E-state index in [4.69, 9.17) is 0 Å². The van der Waals surface area contributed by atoms with Gasteiger partial charge in [-0.25, -0.2) is 0 Å². The van der Waals surface area contributed by atoms with Gasteiger partial charge >= 0.3 is 5.97 Å². The fraction of sp³-hybridized carbons (Fsp3) is 0.583. The molecule has 0 atom stereocenters. The number of carbonyl (C=O) groups excluding carboxylic acids is 2. The lowest BCUT2D eigenvalue weighted by Gasteiger charge is -2.41. The number of carbonyl (C=O) groups is 2. The largest absolute Gasteiger partial charge is 0.469 e. The SMILES string of the molecule is COC(=O)CC1(NC(=O)c2cc(C)sn2)CCC1. The summed E-state index contributed by atoms with van der Waals surface area (Å²) in [7, 11) is 1.36. The van der Waals surface area contributed by atoms with Crippen molar-refractivity contribution in [2.45, 2.75) is 38.1 Å². The fourth-order valence-electron chi connectivity index (χ4n) is 2.08. The summed E-state index contributed by atoms with van der Waals surface area (Å²) in [5.74, 6) is -0.493. The molecule has 0 unspecified atom stereocenters. The predicted molar refractivity (Wildman–Crippen MR) is 67.5 cm³/mol. The first-order chi connectivity index (χ1) is 8.54. The van der Waals surface area contributed by atoms with Crippen molar-refractivity contribution < 1.29 is 14.3 Å². The van der Waals surface area contributed by atoms with E-state index in [-0.39, 0.29) is 18.3 Å². The maximum Gasteiger partial charge on any atom is 0.307 e. The molecule has 1 N–H and O–H groups in total. The molecule has 6 heteroatoms. The zero-order valence-corrected chi connectivity index (χ0v) is 11.3. The van der Waals surface area contributed by atoms with Crippen molar-refractivity contribution in [1.29, 1.82) is 0 Å². The summed E-state index contributed by atoms with van der Waals surface area (Å²) >= 11 is 1.30. The molecule has 0 bridgehead atoms. The molecule has 1 fully saturated rings. The third kappa shape index (κ3) is 2.69. The van der Waals surface area contributed by atoms with E-state index in [9.17, 15) is 9.59 Å². The number of aryl methyl sites for hydroxylation is 1. The first-order valence-corrected chi connectivity index (χ1v) is 6.65. The Labute approximate surface area is 110 Å². The second-order valence-corrected chi connectivity index (χ2v) is 5.67.